The molecule has 0 amide bonds. The second-order valence-electron chi connectivity index (χ2n) is 5.37. The highest BCUT2D eigenvalue weighted by Gasteiger charge is 2.32. The minimum absolute atomic E-state index is 0. The number of benzene rings is 1. The Hall–Kier alpha value is -1.26. The van der Waals surface area contributed by atoms with Crippen molar-refractivity contribution in [2.45, 2.75) is 12.8 Å². The van der Waals surface area contributed by atoms with E-state index in [2.05, 4.69) is 48.3 Å². The summed E-state index contributed by atoms with van der Waals surface area (Å²) in [5, 5.41) is 3.78. The molecule has 112 valence electrons. The number of halogens is 1. The number of para-hydroxylation sites is 1. The van der Waals surface area contributed by atoms with E-state index >= 15 is 0 Å². The van der Waals surface area contributed by atoms with Crippen LogP contribution in [-0.2, 0) is 16.0 Å². The summed E-state index contributed by atoms with van der Waals surface area (Å²) in [6, 6.07) is 8.65. The van der Waals surface area contributed by atoms with Crippen LogP contribution in [-0.4, -0.2) is 39.2 Å². The number of rotatable bonds is 2. The van der Waals surface area contributed by atoms with E-state index in [4.69, 9.17) is 9.57 Å². The van der Waals surface area contributed by atoms with Crippen LogP contribution < -0.4 is 28.5 Å². The molecule has 0 bridgehead atoms. The summed E-state index contributed by atoms with van der Waals surface area (Å²) in [6.07, 6.45) is 1.89. The first-order valence-corrected chi connectivity index (χ1v) is 6.98. The van der Waals surface area contributed by atoms with E-state index < -0.39 is 0 Å². The van der Waals surface area contributed by atoms with Gasteiger partial charge in [0.1, 0.15) is 18.8 Å². The zero-order chi connectivity index (χ0) is 13.8. The topological polar surface area (TPSA) is 30.8 Å². The summed E-state index contributed by atoms with van der Waals surface area (Å²) in [5.41, 5.74) is 2.85. The van der Waals surface area contributed by atoms with Crippen molar-refractivity contribution >= 4 is 11.6 Å². The smallest absolute Gasteiger partial charge is 0.230 e. The molecule has 1 atom stereocenters. The Morgan fingerprint density at radius 3 is 2.95 bits per heavy atom. The van der Waals surface area contributed by atoms with Crippen LogP contribution in [0.5, 0.6) is 0 Å². The summed E-state index contributed by atoms with van der Waals surface area (Å²) < 4.78 is 6.31. The SMILES string of the molecule is C[N+]1(CC#CCOC2=NOCC2)CCc2ccccc21.[I-]. The molecule has 3 rings (SSSR count). The maximum Gasteiger partial charge on any atom is 0.230 e. The van der Waals surface area contributed by atoms with E-state index in [9.17, 15) is 0 Å². The maximum absolute atomic E-state index is 5.41. The average molecular weight is 398 g/mol. The molecule has 1 unspecified atom stereocenters. The van der Waals surface area contributed by atoms with Gasteiger partial charge in [-0.3, -0.25) is 4.48 Å². The van der Waals surface area contributed by atoms with Gasteiger partial charge in [-0.05, 0) is 12.0 Å². The zero-order valence-electron chi connectivity index (χ0n) is 12.1. The average Bonchev–Trinajstić information content (AvgIpc) is 3.08. The number of likely N-dealkylation sites (N-methyl/N-ethyl adjacent to an activating group) is 1. The lowest BCUT2D eigenvalue weighted by atomic mass is 10.2. The first-order chi connectivity index (χ1) is 9.78. The number of quaternary nitrogens is 1. The molecule has 0 spiro atoms. The Morgan fingerprint density at radius 1 is 1.29 bits per heavy atom. The molecule has 0 radical (unpaired) electrons. The van der Waals surface area contributed by atoms with Crippen LogP contribution in [0, 0.1) is 11.8 Å². The first-order valence-electron chi connectivity index (χ1n) is 6.98. The lowest BCUT2D eigenvalue weighted by Crippen LogP contribution is -3.00. The van der Waals surface area contributed by atoms with Gasteiger partial charge in [-0.1, -0.05) is 29.3 Å². The fraction of sp³-hybridized carbons (Fsp3) is 0.438. The van der Waals surface area contributed by atoms with Crippen molar-refractivity contribution in [3.8, 4) is 11.8 Å². The van der Waals surface area contributed by atoms with Gasteiger partial charge in [-0.2, -0.15) is 0 Å². The van der Waals surface area contributed by atoms with Crippen molar-refractivity contribution in [1.82, 2.24) is 4.48 Å². The molecule has 21 heavy (non-hydrogen) atoms. The number of ether oxygens (including phenoxy) is 1. The quantitative estimate of drug-likeness (QED) is 0.361. The molecule has 0 saturated heterocycles. The van der Waals surface area contributed by atoms with Gasteiger partial charge in [0.05, 0.1) is 20.0 Å². The van der Waals surface area contributed by atoms with E-state index in [1.54, 1.807) is 0 Å². The third-order valence-corrected chi connectivity index (χ3v) is 3.89. The summed E-state index contributed by atoms with van der Waals surface area (Å²) >= 11 is 0. The Labute approximate surface area is 142 Å². The summed E-state index contributed by atoms with van der Waals surface area (Å²) in [7, 11) is 2.25. The van der Waals surface area contributed by atoms with Gasteiger partial charge in [0, 0.05) is 12.0 Å². The standard InChI is InChI=1S/C16H19N2O2.HI/c1-18(11-8-14-6-2-3-7-15(14)18)10-4-5-12-19-16-9-13-20-17-16;/h2-3,6-7H,8-13H2,1H3;1H/q+1;/p-1. The molecule has 2 heterocycles. The summed E-state index contributed by atoms with van der Waals surface area (Å²) in [6.45, 7) is 2.96. The molecule has 0 fully saturated rings. The van der Waals surface area contributed by atoms with Crippen molar-refractivity contribution in [3.05, 3.63) is 29.8 Å². The van der Waals surface area contributed by atoms with Crippen molar-refractivity contribution in [2.75, 3.05) is 33.4 Å². The van der Waals surface area contributed by atoms with E-state index in [1.165, 1.54) is 11.3 Å². The molecule has 0 aliphatic carbocycles. The minimum Gasteiger partial charge on any atom is -1.00 e. The van der Waals surface area contributed by atoms with Gasteiger partial charge in [0.2, 0.25) is 5.90 Å². The molecule has 5 heteroatoms. The molecule has 0 saturated carbocycles. The summed E-state index contributed by atoms with van der Waals surface area (Å²) in [4.78, 5) is 4.86. The highest BCUT2D eigenvalue weighted by molar-refractivity contribution is 5.76. The van der Waals surface area contributed by atoms with Gasteiger partial charge < -0.3 is 33.6 Å². The molecule has 0 N–H and O–H groups in total. The first kappa shape index (κ1) is 16.1. The molecule has 0 aromatic heterocycles. The number of nitrogens with zero attached hydrogens (tertiary/aromatic N) is 2. The predicted octanol–water partition coefficient (Wildman–Crippen LogP) is -1.06. The van der Waals surface area contributed by atoms with Gasteiger partial charge in [-0.15, -0.1) is 0 Å². The van der Waals surface area contributed by atoms with E-state index in [1.807, 2.05) is 0 Å². The second-order valence-corrected chi connectivity index (χ2v) is 5.37. The molecular weight excluding hydrogens is 379 g/mol. The van der Waals surface area contributed by atoms with Crippen LogP contribution in [0.2, 0.25) is 0 Å². The molecular formula is C16H19IN2O2. The van der Waals surface area contributed by atoms with Gasteiger partial charge in [0.15, 0.2) is 6.61 Å². The van der Waals surface area contributed by atoms with Gasteiger partial charge in [0.25, 0.3) is 0 Å². The number of hydrogen-bond acceptors (Lipinski definition) is 3. The zero-order valence-corrected chi connectivity index (χ0v) is 14.3. The van der Waals surface area contributed by atoms with Crippen LogP contribution in [0.25, 0.3) is 0 Å². The normalized spacial score (nSPS) is 22.2. The van der Waals surface area contributed by atoms with E-state index in [-0.39, 0.29) is 24.0 Å². The summed E-state index contributed by atoms with van der Waals surface area (Å²) in [5.74, 6) is 6.96. The predicted molar refractivity (Wildman–Crippen MR) is 79.3 cm³/mol. The van der Waals surface area contributed by atoms with Crippen molar-refractivity contribution < 1.29 is 33.6 Å². The number of hydrogen-bond donors (Lipinski definition) is 0. The Kier molecular flexibility index (Phi) is 5.48. The Bertz CT molecular complexity index is 591. The van der Waals surface area contributed by atoms with Gasteiger partial charge in [-0.25, -0.2) is 0 Å². The third-order valence-electron chi connectivity index (χ3n) is 3.89. The highest BCUT2D eigenvalue weighted by atomic mass is 127. The lowest BCUT2D eigenvalue weighted by molar-refractivity contribution is -0.00000512. The fourth-order valence-electron chi connectivity index (χ4n) is 2.70. The number of oxime groups is 1. The Balaban J connectivity index is 0.00000161. The maximum atomic E-state index is 5.41. The van der Waals surface area contributed by atoms with Crippen molar-refractivity contribution in [2.24, 2.45) is 5.16 Å². The van der Waals surface area contributed by atoms with Crippen LogP contribution in [0.1, 0.15) is 12.0 Å². The molecule has 4 nitrogen and oxygen atoms in total. The lowest BCUT2D eigenvalue weighted by Gasteiger charge is -2.27. The van der Waals surface area contributed by atoms with Crippen LogP contribution in [0.4, 0.5) is 5.69 Å². The molecule has 1 aromatic carbocycles. The van der Waals surface area contributed by atoms with Crippen molar-refractivity contribution in [1.29, 1.82) is 0 Å². The second kappa shape index (κ2) is 7.14. The monoisotopic (exact) mass is 398 g/mol. The van der Waals surface area contributed by atoms with Crippen LogP contribution in [0.3, 0.4) is 0 Å². The van der Waals surface area contributed by atoms with E-state index in [0.717, 1.165) is 30.4 Å². The molecule has 2 aliphatic heterocycles. The highest BCUT2D eigenvalue weighted by Crippen LogP contribution is 2.32. The number of fused-ring (bicyclic) bond motifs is 1. The van der Waals surface area contributed by atoms with Crippen LogP contribution in [0.15, 0.2) is 29.4 Å². The van der Waals surface area contributed by atoms with Gasteiger partial charge >= 0.3 is 0 Å². The Morgan fingerprint density at radius 2 is 2.14 bits per heavy atom. The third kappa shape index (κ3) is 3.69. The fourth-order valence-corrected chi connectivity index (χ4v) is 2.70. The van der Waals surface area contributed by atoms with Crippen LogP contribution >= 0.6 is 0 Å². The minimum atomic E-state index is 0. The van der Waals surface area contributed by atoms with E-state index in [0.29, 0.717) is 19.1 Å². The largest absolute Gasteiger partial charge is 1.00 e. The molecule has 2 aliphatic rings. The molecule has 1 aromatic rings. The van der Waals surface area contributed by atoms with Crippen molar-refractivity contribution in [3.63, 3.8) is 0 Å².